The first-order chi connectivity index (χ1) is 7.08. The Labute approximate surface area is 87.0 Å². The normalized spacial score (nSPS) is 19.7. The van der Waals surface area contributed by atoms with Gasteiger partial charge in [0.25, 0.3) is 0 Å². The Morgan fingerprint density at radius 1 is 1.47 bits per heavy atom. The molecule has 1 atom stereocenters. The number of amides is 2. The number of aliphatic carboxylic acids is 1. The average molecular weight is 214 g/mol. The van der Waals surface area contributed by atoms with Crippen LogP contribution in [0.3, 0.4) is 0 Å². The van der Waals surface area contributed by atoms with Gasteiger partial charge in [0.2, 0.25) is 11.8 Å². The summed E-state index contributed by atoms with van der Waals surface area (Å²) in [5, 5.41) is 13.6. The molecule has 6 heteroatoms. The van der Waals surface area contributed by atoms with Gasteiger partial charge in [-0.3, -0.25) is 14.4 Å². The Morgan fingerprint density at radius 3 is 2.73 bits per heavy atom. The van der Waals surface area contributed by atoms with Crippen molar-refractivity contribution in [2.75, 3.05) is 6.54 Å². The van der Waals surface area contributed by atoms with E-state index in [2.05, 4.69) is 10.6 Å². The van der Waals surface area contributed by atoms with E-state index in [1.165, 1.54) is 0 Å². The molecule has 1 rings (SSSR count). The van der Waals surface area contributed by atoms with E-state index < -0.39 is 5.97 Å². The van der Waals surface area contributed by atoms with Crippen LogP contribution in [0.15, 0.2) is 0 Å². The first kappa shape index (κ1) is 11.5. The predicted molar refractivity (Wildman–Crippen MR) is 51.0 cm³/mol. The zero-order chi connectivity index (χ0) is 11.3. The van der Waals surface area contributed by atoms with Gasteiger partial charge >= 0.3 is 5.97 Å². The monoisotopic (exact) mass is 214 g/mol. The van der Waals surface area contributed by atoms with E-state index in [9.17, 15) is 14.4 Å². The average Bonchev–Trinajstić information content (AvgIpc) is 2.58. The summed E-state index contributed by atoms with van der Waals surface area (Å²) < 4.78 is 0. The third-order valence-corrected chi connectivity index (χ3v) is 2.20. The van der Waals surface area contributed by atoms with Crippen LogP contribution in [0, 0.1) is 0 Å². The molecule has 0 aliphatic carbocycles. The van der Waals surface area contributed by atoms with Crippen LogP contribution in [-0.4, -0.2) is 35.5 Å². The summed E-state index contributed by atoms with van der Waals surface area (Å²) in [6, 6.07) is -0.00808. The largest absolute Gasteiger partial charge is 0.481 e. The minimum absolute atomic E-state index is 0.000199. The van der Waals surface area contributed by atoms with Crippen LogP contribution in [-0.2, 0) is 14.4 Å². The molecule has 0 aromatic heterocycles. The highest BCUT2D eigenvalue weighted by atomic mass is 16.4. The lowest BCUT2D eigenvalue weighted by atomic mass is 10.2. The molecule has 6 nitrogen and oxygen atoms in total. The molecule has 1 fully saturated rings. The van der Waals surface area contributed by atoms with E-state index in [1.54, 1.807) is 0 Å². The van der Waals surface area contributed by atoms with Crippen LogP contribution < -0.4 is 10.6 Å². The third kappa shape index (κ3) is 4.44. The zero-order valence-corrected chi connectivity index (χ0v) is 8.28. The van der Waals surface area contributed by atoms with Gasteiger partial charge in [-0.2, -0.15) is 0 Å². The molecule has 2 amide bonds. The molecule has 0 aromatic rings. The van der Waals surface area contributed by atoms with Crippen LogP contribution in [0.1, 0.15) is 25.7 Å². The minimum Gasteiger partial charge on any atom is -0.481 e. The summed E-state index contributed by atoms with van der Waals surface area (Å²) in [5.74, 6) is -1.28. The van der Waals surface area contributed by atoms with Gasteiger partial charge in [-0.1, -0.05) is 0 Å². The number of carbonyl (C=O) groups excluding carboxylic acids is 2. The van der Waals surface area contributed by atoms with Crippen LogP contribution in [0.5, 0.6) is 0 Å². The van der Waals surface area contributed by atoms with E-state index >= 15 is 0 Å². The zero-order valence-electron chi connectivity index (χ0n) is 8.28. The van der Waals surface area contributed by atoms with Crippen molar-refractivity contribution in [2.45, 2.75) is 31.7 Å². The quantitative estimate of drug-likeness (QED) is 0.561. The van der Waals surface area contributed by atoms with E-state index in [0.29, 0.717) is 13.0 Å². The SMILES string of the molecule is O=C(O)CCC(=O)NCC1CCC(=O)N1. The summed E-state index contributed by atoms with van der Waals surface area (Å²) in [6.45, 7) is 0.379. The maximum Gasteiger partial charge on any atom is 0.303 e. The number of hydrogen-bond donors (Lipinski definition) is 3. The maximum absolute atomic E-state index is 11.1. The molecule has 0 bridgehead atoms. The molecule has 84 valence electrons. The molecule has 15 heavy (non-hydrogen) atoms. The Morgan fingerprint density at radius 2 is 2.20 bits per heavy atom. The fraction of sp³-hybridized carbons (Fsp3) is 0.667. The molecule has 1 heterocycles. The second-order valence-electron chi connectivity index (χ2n) is 3.50. The smallest absolute Gasteiger partial charge is 0.303 e. The summed E-state index contributed by atoms with van der Waals surface area (Å²) in [4.78, 5) is 32.1. The van der Waals surface area contributed by atoms with Crippen LogP contribution in [0.25, 0.3) is 0 Å². The molecular weight excluding hydrogens is 200 g/mol. The van der Waals surface area contributed by atoms with Gasteiger partial charge in [-0.05, 0) is 6.42 Å². The number of rotatable bonds is 5. The highest BCUT2D eigenvalue weighted by Gasteiger charge is 2.20. The van der Waals surface area contributed by atoms with Crippen molar-refractivity contribution in [2.24, 2.45) is 0 Å². The minimum atomic E-state index is -0.987. The van der Waals surface area contributed by atoms with E-state index in [1.807, 2.05) is 0 Å². The number of carbonyl (C=O) groups is 3. The van der Waals surface area contributed by atoms with Gasteiger partial charge < -0.3 is 15.7 Å². The molecule has 0 saturated carbocycles. The molecule has 0 spiro atoms. The lowest BCUT2D eigenvalue weighted by Gasteiger charge is -2.10. The summed E-state index contributed by atoms with van der Waals surface area (Å²) in [7, 11) is 0. The van der Waals surface area contributed by atoms with E-state index in [4.69, 9.17) is 5.11 Å². The fourth-order valence-corrected chi connectivity index (χ4v) is 1.38. The van der Waals surface area contributed by atoms with Crippen molar-refractivity contribution >= 4 is 17.8 Å². The van der Waals surface area contributed by atoms with Crippen LogP contribution in [0.4, 0.5) is 0 Å². The molecular formula is C9H14N2O4. The summed E-state index contributed by atoms with van der Waals surface area (Å²) in [5.41, 5.74) is 0. The molecule has 1 saturated heterocycles. The van der Waals surface area contributed by atoms with Gasteiger partial charge in [0, 0.05) is 25.4 Å². The topological polar surface area (TPSA) is 95.5 Å². The maximum atomic E-state index is 11.1. The number of carboxylic acid groups (broad SMARTS) is 1. The van der Waals surface area contributed by atoms with Gasteiger partial charge in [-0.15, -0.1) is 0 Å². The Hall–Kier alpha value is -1.59. The van der Waals surface area contributed by atoms with Crippen LogP contribution in [0.2, 0.25) is 0 Å². The molecule has 1 aliphatic rings. The van der Waals surface area contributed by atoms with Crippen molar-refractivity contribution in [3.05, 3.63) is 0 Å². The Balaban J connectivity index is 2.11. The van der Waals surface area contributed by atoms with Gasteiger partial charge in [-0.25, -0.2) is 0 Å². The number of hydrogen-bond acceptors (Lipinski definition) is 3. The highest BCUT2D eigenvalue weighted by Crippen LogP contribution is 2.04. The third-order valence-electron chi connectivity index (χ3n) is 2.20. The molecule has 0 radical (unpaired) electrons. The van der Waals surface area contributed by atoms with E-state index in [-0.39, 0.29) is 30.7 Å². The van der Waals surface area contributed by atoms with Crippen molar-refractivity contribution in [3.63, 3.8) is 0 Å². The van der Waals surface area contributed by atoms with Crippen molar-refractivity contribution < 1.29 is 19.5 Å². The van der Waals surface area contributed by atoms with Gasteiger partial charge in [0.15, 0.2) is 0 Å². The highest BCUT2D eigenvalue weighted by molar-refractivity contribution is 5.81. The lowest BCUT2D eigenvalue weighted by Crippen LogP contribution is -2.38. The molecule has 3 N–H and O–H groups in total. The molecule has 0 aromatic carbocycles. The number of nitrogens with one attached hydrogen (secondary N) is 2. The molecule has 1 aliphatic heterocycles. The Kier molecular flexibility index (Phi) is 4.08. The number of carboxylic acids is 1. The lowest BCUT2D eigenvalue weighted by molar-refractivity contribution is -0.138. The molecule has 1 unspecified atom stereocenters. The Bertz CT molecular complexity index is 277. The summed E-state index contributed by atoms with van der Waals surface area (Å²) in [6.07, 6.45) is 1.03. The second-order valence-corrected chi connectivity index (χ2v) is 3.50. The first-order valence-corrected chi connectivity index (χ1v) is 4.86. The predicted octanol–water partition coefficient (Wildman–Crippen LogP) is -0.754. The fourth-order valence-electron chi connectivity index (χ4n) is 1.38. The van der Waals surface area contributed by atoms with E-state index in [0.717, 1.165) is 6.42 Å². The standard InChI is InChI=1S/C9H14N2O4/c12-7(3-4-9(14)15)10-5-6-1-2-8(13)11-6/h6H,1-5H2,(H,10,12)(H,11,13)(H,14,15). The van der Waals surface area contributed by atoms with Gasteiger partial charge in [0.1, 0.15) is 0 Å². The first-order valence-electron chi connectivity index (χ1n) is 4.86. The second kappa shape index (κ2) is 5.33. The summed E-state index contributed by atoms with van der Waals surface area (Å²) >= 11 is 0. The van der Waals surface area contributed by atoms with Crippen molar-refractivity contribution in [1.82, 2.24) is 10.6 Å². The van der Waals surface area contributed by atoms with Gasteiger partial charge in [0.05, 0.1) is 6.42 Å². The van der Waals surface area contributed by atoms with Crippen molar-refractivity contribution in [1.29, 1.82) is 0 Å². The van der Waals surface area contributed by atoms with Crippen LogP contribution >= 0.6 is 0 Å². The van der Waals surface area contributed by atoms with Crippen molar-refractivity contribution in [3.8, 4) is 0 Å².